The molecule has 0 amide bonds. The minimum atomic E-state index is -4.14. The third kappa shape index (κ3) is 5.82. The van der Waals surface area contributed by atoms with Crippen molar-refractivity contribution in [1.82, 2.24) is 0 Å². The summed E-state index contributed by atoms with van der Waals surface area (Å²) >= 11 is 0. The fourth-order valence-corrected chi connectivity index (χ4v) is 0.579. The van der Waals surface area contributed by atoms with Gasteiger partial charge in [-0.15, -0.1) is 0 Å². The maximum Gasteiger partial charge on any atom is 0.456 e. The number of carboxylic acids is 1. The van der Waals surface area contributed by atoms with Gasteiger partial charge in [0, 0.05) is 0 Å². The van der Waals surface area contributed by atoms with Gasteiger partial charge in [0.15, 0.2) is 0 Å². The Labute approximate surface area is 80.8 Å². The molecule has 0 aromatic heterocycles. The van der Waals surface area contributed by atoms with Crippen LogP contribution in [-0.2, 0) is 14.3 Å². The zero-order valence-electron chi connectivity index (χ0n) is 8.34. The van der Waals surface area contributed by atoms with Crippen molar-refractivity contribution >= 4 is 5.97 Å². The lowest BCUT2D eigenvalue weighted by Gasteiger charge is -2.20. The van der Waals surface area contributed by atoms with Crippen LogP contribution in [-0.4, -0.2) is 36.0 Å². The normalized spacial score (nSPS) is 12.9. The number of aliphatic carboxylic acids is 1. The Morgan fingerprint density at radius 3 is 2.00 bits per heavy atom. The zero-order chi connectivity index (χ0) is 11.4. The van der Waals surface area contributed by atoms with Gasteiger partial charge in [-0.25, -0.2) is 4.79 Å². The molecule has 0 saturated heterocycles. The molecular weight excluding hydrogens is 198 g/mol. The molecule has 0 spiro atoms. The topological polar surface area (TPSA) is 55.8 Å². The van der Waals surface area contributed by atoms with E-state index in [-0.39, 0.29) is 6.61 Å². The van der Waals surface area contributed by atoms with E-state index in [4.69, 9.17) is 9.84 Å². The zero-order valence-corrected chi connectivity index (χ0v) is 8.34. The van der Waals surface area contributed by atoms with Gasteiger partial charge in [-0.05, 0) is 20.8 Å². The van der Waals surface area contributed by atoms with Gasteiger partial charge in [-0.2, -0.15) is 8.78 Å². The first kappa shape index (κ1) is 13.2. The number of hydrogen-bond donors (Lipinski definition) is 1. The number of ether oxygens (including phenoxy) is 2. The van der Waals surface area contributed by atoms with Crippen LogP contribution < -0.4 is 0 Å². The molecule has 6 heteroatoms. The van der Waals surface area contributed by atoms with Crippen LogP contribution in [0, 0.1) is 0 Å². The maximum atomic E-state index is 12.3. The molecule has 0 radical (unpaired) electrons. The van der Waals surface area contributed by atoms with Crippen LogP contribution in [0.2, 0.25) is 0 Å². The average Bonchev–Trinajstić information content (AvgIpc) is 1.96. The molecule has 4 nitrogen and oxygen atoms in total. The minimum absolute atomic E-state index is 0.0770. The second kappa shape index (κ2) is 4.65. The predicted molar refractivity (Wildman–Crippen MR) is 44.2 cm³/mol. The average molecular weight is 212 g/mol. The van der Waals surface area contributed by atoms with Gasteiger partial charge in [0.2, 0.25) is 0 Å². The van der Waals surface area contributed by atoms with Crippen molar-refractivity contribution in [3.8, 4) is 0 Å². The Kier molecular flexibility index (Phi) is 4.41. The Hall–Kier alpha value is -0.750. The van der Waals surface area contributed by atoms with E-state index in [1.165, 1.54) is 0 Å². The van der Waals surface area contributed by atoms with Crippen LogP contribution >= 0.6 is 0 Å². The first-order chi connectivity index (χ1) is 6.15. The maximum absolute atomic E-state index is 12.3. The molecule has 0 aromatic carbocycles. The van der Waals surface area contributed by atoms with Crippen LogP contribution in [0.5, 0.6) is 0 Å². The van der Waals surface area contributed by atoms with Crippen LogP contribution in [0.15, 0.2) is 0 Å². The van der Waals surface area contributed by atoms with Crippen molar-refractivity contribution in [1.29, 1.82) is 0 Å². The van der Waals surface area contributed by atoms with E-state index >= 15 is 0 Å². The third-order valence-electron chi connectivity index (χ3n) is 1.15. The number of rotatable bonds is 5. The van der Waals surface area contributed by atoms with Gasteiger partial charge in [-0.3, -0.25) is 0 Å². The first-order valence-corrected chi connectivity index (χ1v) is 4.04. The summed E-state index contributed by atoms with van der Waals surface area (Å²) in [5, 5.41) is 7.98. The van der Waals surface area contributed by atoms with Crippen molar-refractivity contribution in [2.24, 2.45) is 0 Å². The molecule has 0 rings (SSSR count). The number of alkyl halides is 2. The van der Waals surface area contributed by atoms with E-state index in [9.17, 15) is 13.6 Å². The van der Waals surface area contributed by atoms with Crippen molar-refractivity contribution < 1.29 is 28.2 Å². The molecule has 0 atom stereocenters. The molecule has 0 aliphatic rings. The van der Waals surface area contributed by atoms with Crippen molar-refractivity contribution in [2.75, 3.05) is 13.2 Å². The number of carbonyl (C=O) groups is 1. The van der Waals surface area contributed by atoms with Gasteiger partial charge in [0.05, 0.1) is 18.8 Å². The van der Waals surface area contributed by atoms with Crippen molar-refractivity contribution in [3.05, 3.63) is 0 Å². The summed E-state index contributed by atoms with van der Waals surface area (Å²) in [6.07, 6.45) is -4.14. The fraction of sp³-hybridized carbons (Fsp3) is 0.875. The molecule has 84 valence electrons. The Balaban J connectivity index is 3.70. The molecule has 0 bridgehead atoms. The molecule has 0 saturated carbocycles. The fourth-order valence-electron chi connectivity index (χ4n) is 0.579. The van der Waals surface area contributed by atoms with Gasteiger partial charge >= 0.3 is 12.1 Å². The van der Waals surface area contributed by atoms with E-state index in [2.05, 4.69) is 4.74 Å². The smallest absolute Gasteiger partial charge is 0.456 e. The van der Waals surface area contributed by atoms with Crippen molar-refractivity contribution in [2.45, 2.75) is 32.5 Å². The lowest BCUT2D eigenvalue weighted by Crippen LogP contribution is -2.33. The second-order valence-corrected chi connectivity index (χ2v) is 3.63. The standard InChI is InChI=1S/C8H14F2O4/c1-7(2,3)13-4-5-14-8(9,10)6(11)12/h4-5H2,1-3H3,(H,11,12). The molecule has 0 fully saturated rings. The monoisotopic (exact) mass is 212 g/mol. The lowest BCUT2D eigenvalue weighted by atomic mass is 10.2. The highest BCUT2D eigenvalue weighted by Crippen LogP contribution is 2.15. The van der Waals surface area contributed by atoms with E-state index in [1.54, 1.807) is 20.8 Å². The molecule has 0 aliphatic carbocycles. The number of hydrogen-bond acceptors (Lipinski definition) is 3. The van der Waals surface area contributed by atoms with Crippen LogP contribution in [0.3, 0.4) is 0 Å². The Bertz CT molecular complexity index is 198. The number of carboxylic acid groups (broad SMARTS) is 1. The number of halogens is 2. The van der Waals surface area contributed by atoms with Gasteiger partial charge in [0.1, 0.15) is 0 Å². The summed E-state index contributed by atoms with van der Waals surface area (Å²) in [4.78, 5) is 9.90. The second-order valence-electron chi connectivity index (χ2n) is 3.63. The first-order valence-electron chi connectivity index (χ1n) is 4.04. The van der Waals surface area contributed by atoms with Gasteiger partial charge < -0.3 is 14.6 Å². The van der Waals surface area contributed by atoms with Crippen molar-refractivity contribution in [3.63, 3.8) is 0 Å². The minimum Gasteiger partial charge on any atom is -0.475 e. The van der Waals surface area contributed by atoms with Gasteiger partial charge in [0.25, 0.3) is 0 Å². The van der Waals surface area contributed by atoms with E-state index < -0.39 is 24.3 Å². The highest BCUT2D eigenvalue weighted by atomic mass is 19.3. The summed E-state index contributed by atoms with van der Waals surface area (Å²) in [5.41, 5.74) is -0.456. The SMILES string of the molecule is CC(C)(C)OCCOC(F)(F)C(=O)O. The van der Waals surface area contributed by atoms with Crippen LogP contribution in [0.1, 0.15) is 20.8 Å². The van der Waals surface area contributed by atoms with Crippen LogP contribution in [0.4, 0.5) is 8.78 Å². The Morgan fingerprint density at radius 2 is 1.64 bits per heavy atom. The molecular formula is C8H14F2O4. The van der Waals surface area contributed by atoms with Gasteiger partial charge in [-0.1, -0.05) is 0 Å². The van der Waals surface area contributed by atoms with E-state index in [0.717, 1.165) is 0 Å². The summed E-state index contributed by atoms with van der Waals surface area (Å²) < 4.78 is 33.5. The predicted octanol–water partition coefficient (Wildman–Crippen LogP) is 1.50. The third-order valence-corrected chi connectivity index (χ3v) is 1.15. The van der Waals surface area contributed by atoms with E-state index in [1.807, 2.05) is 0 Å². The highest BCUT2D eigenvalue weighted by molar-refractivity contribution is 5.73. The molecule has 0 unspecified atom stereocenters. The highest BCUT2D eigenvalue weighted by Gasteiger charge is 2.40. The molecule has 0 aliphatic heterocycles. The largest absolute Gasteiger partial charge is 0.475 e. The quantitative estimate of drug-likeness (QED) is 0.701. The summed E-state index contributed by atoms with van der Waals surface area (Å²) in [6.45, 7) is 4.72. The molecule has 0 aromatic rings. The Morgan fingerprint density at radius 1 is 1.21 bits per heavy atom. The lowest BCUT2D eigenvalue weighted by molar-refractivity contribution is -0.250. The molecule has 0 heterocycles. The molecule has 1 N–H and O–H groups in total. The molecule has 14 heavy (non-hydrogen) atoms. The summed E-state index contributed by atoms with van der Waals surface area (Å²) in [6, 6.07) is 0. The van der Waals surface area contributed by atoms with Crippen LogP contribution in [0.25, 0.3) is 0 Å². The summed E-state index contributed by atoms with van der Waals surface area (Å²) in [5.74, 6) is -2.30. The summed E-state index contributed by atoms with van der Waals surface area (Å²) in [7, 11) is 0. The van der Waals surface area contributed by atoms with E-state index in [0.29, 0.717) is 0 Å².